The zero-order valence-electron chi connectivity index (χ0n) is 13.5. The summed E-state index contributed by atoms with van der Waals surface area (Å²) in [5.74, 6) is 0.782. The minimum Gasteiger partial charge on any atom is -0.351 e. The molecular weight excluding hydrogens is 302 g/mol. The molecule has 0 spiro atoms. The van der Waals surface area contributed by atoms with Crippen LogP contribution in [0.15, 0.2) is 29.2 Å². The lowest BCUT2D eigenvalue weighted by molar-refractivity contribution is 0.487. The molecule has 1 saturated heterocycles. The van der Waals surface area contributed by atoms with Crippen LogP contribution in [0.3, 0.4) is 0 Å². The van der Waals surface area contributed by atoms with Gasteiger partial charge < -0.3 is 4.90 Å². The first kappa shape index (κ1) is 14.9. The molecule has 4 rings (SSSR count). The summed E-state index contributed by atoms with van der Waals surface area (Å²) in [5.41, 5.74) is 2.90. The summed E-state index contributed by atoms with van der Waals surface area (Å²) >= 11 is 0. The number of hydrogen-bond donors (Lipinski definition) is 0. The van der Waals surface area contributed by atoms with Gasteiger partial charge in [-0.15, -0.1) is 0 Å². The van der Waals surface area contributed by atoms with Crippen molar-refractivity contribution in [1.82, 2.24) is 14.8 Å². The maximum atomic E-state index is 11.9. The van der Waals surface area contributed by atoms with Crippen LogP contribution in [0.4, 0.5) is 5.82 Å². The normalized spacial score (nSPS) is 19.3. The predicted molar refractivity (Wildman–Crippen MR) is 89.8 cm³/mol. The van der Waals surface area contributed by atoms with Crippen LogP contribution < -0.4 is 10.5 Å². The largest absolute Gasteiger partial charge is 0.351 e. The van der Waals surface area contributed by atoms with Crippen LogP contribution in [0.1, 0.15) is 36.1 Å². The quantitative estimate of drug-likeness (QED) is 0.859. The second-order valence-corrected chi connectivity index (χ2v) is 6.46. The van der Waals surface area contributed by atoms with Gasteiger partial charge in [-0.2, -0.15) is 10.4 Å². The molecule has 0 bridgehead atoms. The smallest absolute Gasteiger partial charge is 0.266 e. The zero-order chi connectivity index (χ0) is 16.5. The minimum atomic E-state index is -0.0910. The summed E-state index contributed by atoms with van der Waals surface area (Å²) in [6.45, 7) is 1.40. The molecule has 2 aromatic heterocycles. The molecule has 1 fully saturated rings. The number of anilines is 1. The molecule has 6 heteroatoms. The third-order valence-corrected chi connectivity index (χ3v) is 4.97. The monoisotopic (exact) mass is 321 g/mol. The second-order valence-electron chi connectivity index (χ2n) is 6.46. The molecule has 0 aromatic carbocycles. The first-order chi connectivity index (χ1) is 11.8. The van der Waals surface area contributed by atoms with E-state index in [1.165, 1.54) is 16.3 Å². The molecule has 1 aliphatic carbocycles. The summed E-state index contributed by atoms with van der Waals surface area (Å²) in [7, 11) is 0. The number of nitriles is 1. The molecule has 3 heterocycles. The minimum absolute atomic E-state index is 0.0910. The van der Waals surface area contributed by atoms with Gasteiger partial charge in [0, 0.05) is 24.5 Å². The van der Waals surface area contributed by atoms with Crippen molar-refractivity contribution in [3.8, 4) is 6.07 Å². The van der Waals surface area contributed by atoms with Gasteiger partial charge in [0.2, 0.25) is 0 Å². The second kappa shape index (κ2) is 6.08. The van der Waals surface area contributed by atoms with Gasteiger partial charge in [0.1, 0.15) is 11.9 Å². The lowest BCUT2D eigenvalue weighted by Crippen LogP contribution is -2.37. The van der Waals surface area contributed by atoms with Crippen molar-refractivity contribution >= 4 is 5.82 Å². The average molecular weight is 321 g/mol. The highest BCUT2D eigenvalue weighted by molar-refractivity contribution is 5.58. The van der Waals surface area contributed by atoms with Crippen molar-refractivity contribution in [3.05, 3.63) is 51.6 Å². The van der Waals surface area contributed by atoms with Gasteiger partial charge in [0.25, 0.3) is 5.56 Å². The predicted octanol–water partition coefficient (Wildman–Crippen LogP) is 1.67. The standard InChI is InChI=1S/C18H19N5O/c19-11-14-10-13-4-1-6-16(13)21-18(14)22-9-3-5-15(22)12-23-17(24)7-2-8-20-23/h2,7-8,10,15H,1,3-6,9,12H2. The first-order valence-electron chi connectivity index (χ1n) is 8.48. The molecule has 0 amide bonds. The topological polar surface area (TPSA) is 74.8 Å². The molecule has 0 N–H and O–H groups in total. The molecule has 0 saturated carbocycles. The van der Waals surface area contributed by atoms with Gasteiger partial charge >= 0.3 is 0 Å². The highest BCUT2D eigenvalue weighted by atomic mass is 16.1. The van der Waals surface area contributed by atoms with Crippen LogP contribution in [0, 0.1) is 11.3 Å². The van der Waals surface area contributed by atoms with E-state index in [4.69, 9.17) is 4.98 Å². The van der Waals surface area contributed by atoms with Gasteiger partial charge in [-0.3, -0.25) is 4.79 Å². The fourth-order valence-corrected chi connectivity index (χ4v) is 3.79. The Labute approximate surface area is 140 Å². The summed E-state index contributed by atoms with van der Waals surface area (Å²) < 4.78 is 1.50. The number of aromatic nitrogens is 3. The molecule has 1 aliphatic heterocycles. The lowest BCUT2D eigenvalue weighted by atomic mass is 10.1. The van der Waals surface area contributed by atoms with Crippen LogP contribution in [-0.4, -0.2) is 27.4 Å². The number of pyridine rings is 1. The molecular formula is C18H19N5O. The number of hydrogen-bond acceptors (Lipinski definition) is 5. The number of rotatable bonds is 3. The lowest BCUT2D eigenvalue weighted by Gasteiger charge is -2.27. The van der Waals surface area contributed by atoms with Crippen LogP contribution in [0.2, 0.25) is 0 Å². The Balaban J connectivity index is 1.67. The van der Waals surface area contributed by atoms with Crippen molar-refractivity contribution in [3.63, 3.8) is 0 Å². The van der Waals surface area contributed by atoms with E-state index < -0.39 is 0 Å². The van der Waals surface area contributed by atoms with Gasteiger partial charge in [0.15, 0.2) is 0 Å². The molecule has 0 radical (unpaired) electrons. The van der Waals surface area contributed by atoms with Crippen LogP contribution in [0.5, 0.6) is 0 Å². The molecule has 1 atom stereocenters. The Bertz CT molecular complexity index is 866. The third kappa shape index (κ3) is 2.56. The summed E-state index contributed by atoms with van der Waals surface area (Å²) in [4.78, 5) is 18.9. The molecule has 2 aromatic rings. The van der Waals surface area contributed by atoms with Crippen LogP contribution >= 0.6 is 0 Å². The Kier molecular flexibility index (Phi) is 3.77. The van der Waals surface area contributed by atoms with Crippen molar-refractivity contribution in [2.75, 3.05) is 11.4 Å². The maximum absolute atomic E-state index is 11.9. The molecule has 6 nitrogen and oxygen atoms in total. The zero-order valence-corrected chi connectivity index (χ0v) is 13.5. The molecule has 1 unspecified atom stereocenters. The number of nitrogens with zero attached hydrogens (tertiary/aromatic N) is 5. The van der Waals surface area contributed by atoms with Crippen molar-refractivity contribution in [1.29, 1.82) is 5.26 Å². The average Bonchev–Trinajstić information content (AvgIpc) is 3.24. The van der Waals surface area contributed by atoms with Gasteiger partial charge in [-0.05, 0) is 49.8 Å². The van der Waals surface area contributed by atoms with Gasteiger partial charge in [-0.1, -0.05) is 0 Å². The van der Waals surface area contributed by atoms with Crippen molar-refractivity contribution in [2.45, 2.75) is 44.7 Å². The van der Waals surface area contributed by atoms with Gasteiger partial charge in [0.05, 0.1) is 18.2 Å². The fraction of sp³-hybridized carbons (Fsp3) is 0.444. The van der Waals surface area contributed by atoms with Crippen molar-refractivity contribution < 1.29 is 0 Å². The third-order valence-electron chi connectivity index (χ3n) is 4.97. The van der Waals surface area contributed by atoms with Crippen molar-refractivity contribution in [2.24, 2.45) is 0 Å². The van der Waals surface area contributed by atoms with Crippen LogP contribution in [0.25, 0.3) is 0 Å². The molecule has 24 heavy (non-hydrogen) atoms. The van der Waals surface area contributed by atoms with Gasteiger partial charge in [-0.25, -0.2) is 9.67 Å². The Morgan fingerprint density at radius 3 is 3.08 bits per heavy atom. The van der Waals surface area contributed by atoms with E-state index >= 15 is 0 Å². The Hall–Kier alpha value is -2.68. The molecule has 2 aliphatic rings. The van der Waals surface area contributed by atoms with E-state index in [1.807, 2.05) is 6.07 Å². The number of aryl methyl sites for hydroxylation is 2. The Morgan fingerprint density at radius 2 is 2.25 bits per heavy atom. The Morgan fingerprint density at radius 1 is 1.33 bits per heavy atom. The summed E-state index contributed by atoms with van der Waals surface area (Å²) in [5, 5.41) is 13.7. The SMILES string of the molecule is N#Cc1cc2c(nc1N1CCCC1Cn1ncccc1=O)CCC2. The number of fused-ring (bicyclic) bond motifs is 1. The first-order valence-corrected chi connectivity index (χ1v) is 8.48. The summed E-state index contributed by atoms with van der Waals surface area (Å²) in [6.07, 6.45) is 6.78. The van der Waals surface area contributed by atoms with E-state index in [1.54, 1.807) is 12.3 Å². The van der Waals surface area contributed by atoms with E-state index in [0.717, 1.165) is 50.2 Å². The fourth-order valence-electron chi connectivity index (χ4n) is 3.79. The van der Waals surface area contributed by atoms with E-state index in [2.05, 4.69) is 16.1 Å². The maximum Gasteiger partial charge on any atom is 0.266 e. The van der Waals surface area contributed by atoms with E-state index in [9.17, 15) is 10.1 Å². The van der Waals surface area contributed by atoms with E-state index in [0.29, 0.717) is 12.1 Å². The highest BCUT2D eigenvalue weighted by Crippen LogP contribution is 2.31. The van der Waals surface area contributed by atoms with E-state index in [-0.39, 0.29) is 11.6 Å². The highest BCUT2D eigenvalue weighted by Gasteiger charge is 2.29. The molecule has 122 valence electrons. The summed E-state index contributed by atoms with van der Waals surface area (Å²) in [6, 6.07) is 7.65. The van der Waals surface area contributed by atoms with Crippen LogP contribution in [-0.2, 0) is 19.4 Å².